The summed E-state index contributed by atoms with van der Waals surface area (Å²) in [5.41, 5.74) is 1.60. The largest absolute Gasteiger partial charge is 0.506 e. The Morgan fingerprint density at radius 1 is 1.09 bits per heavy atom. The van der Waals surface area contributed by atoms with Crippen molar-refractivity contribution >= 4 is 38.5 Å². The normalized spacial score (nSPS) is 13.6. The number of nitrogens with one attached hydrogen (secondary N) is 1. The third-order valence-corrected chi connectivity index (χ3v) is 6.73. The first kappa shape index (κ1) is 23.1. The number of phenolic OH excluding ortho intramolecular Hbond substituents is 1. The topological polar surface area (TPSA) is 138 Å². The predicted octanol–water partition coefficient (Wildman–Crippen LogP) is 5.04. The zero-order valence-corrected chi connectivity index (χ0v) is 18.8. The molecule has 10 nitrogen and oxygen atoms in total. The molecule has 1 aliphatic heterocycles. The van der Waals surface area contributed by atoms with Crippen LogP contribution in [0.5, 0.6) is 5.75 Å². The first-order valence-electron chi connectivity index (χ1n) is 10.2. The maximum atomic E-state index is 13.3. The third-order valence-electron chi connectivity index (χ3n) is 5.35. The van der Waals surface area contributed by atoms with Crippen LogP contribution in [0.2, 0.25) is 0 Å². The van der Waals surface area contributed by atoms with Gasteiger partial charge in [0.15, 0.2) is 0 Å². The maximum Gasteiger partial charge on any atom is 0.271 e. The summed E-state index contributed by atoms with van der Waals surface area (Å²) in [5, 5.41) is 29.1. The Hall–Kier alpha value is -4.06. The predicted molar refractivity (Wildman–Crippen MR) is 124 cm³/mol. The molecule has 12 heteroatoms. The molecule has 0 aromatic heterocycles. The highest BCUT2D eigenvalue weighted by molar-refractivity contribution is 7.92. The number of azo groups is 1. The Morgan fingerprint density at radius 2 is 1.79 bits per heavy atom. The molecule has 0 saturated carbocycles. The zero-order chi connectivity index (χ0) is 24.5. The SMILES string of the molecule is CN1CCCc2cc(N=Nc3cc([N+](=O)[O-])ccc3O)c(NS(=O)(=O)c3ccc(F)cc3)cc21. The Morgan fingerprint density at radius 3 is 2.50 bits per heavy atom. The van der Waals surface area contributed by atoms with Gasteiger partial charge in [-0.3, -0.25) is 14.8 Å². The van der Waals surface area contributed by atoms with E-state index in [1.54, 1.807) is 12.1 Å². The van der Waals surface area contributed by atoms with Gasteiger partial charge >= 0.3 is 0 Å². The van der Waals surface area contributed by atoms with Crippen molar-refractivity contribution in [2.24, 2.45) is 10.2 Å². The molecule has 176 valence electrons. The molecule has 1 heterocycles. The van der Waals surface area contributed by atoms with E-state index in [-0.39, 0.29) is 33.4 Å². The summed E-state index contributed by atoms with van der Waals surface area (Å²) in [4.78, 5) is 12.3. The molecular weight excluding hydrogens is 465 g/mol. The molecule has 4 rings (SSSR count). The van der Waals surface area contributed by atoms with Crippen LogP contribution in [-0.4, -0.2) is 32.0 Å². The molecule has 0 unspecified atom stereocenters. The lowest BCUT2D eigenvalue weighted by atomic mass is 10.0. The summed E-state index contributed by atoms with van der Waals surface area (Å²) in [5.74, 6) is -0.888. The highest BCUT2D eigenvalue weighted by Crippen LogP contribution is 2.39. The second-order valence-corrected chi connectivity index (χ2v) is 9.40. The number of nitrogens with zero attached hydrogens (tertiary/aromatic N) is 4. The number of benzene rings is 3. The minimum Gasteiger partial charge on any atom is -0.506 e. The van der Waals surface area contributed by atoms with Gasteiger partial charge in [0.2, 0.25) is 0 Å². The van der Waals surface area contributed by atoms with E-state index in [1.165, 1.54) is 0 Å². The van der Waals surface area contributed by atoms with Gasteiger partial charge in [-0.05, 0) is 60.9 Å². The summed E-state index contributed by atoms with van der Waals surface area (Å²) in [7, 11) is -2.19. The van der Waals surface area contributed by atoms with E-state index in [4.69, 9.17) is 0 Å². The van der Waals surface area contributed by atoms with Crippen LogP contribution in [0, 0.1) is 15.9 Å². The van der Waals surface area contributed by atoms with Crippen LogP contribution >= 0.6 is 0 Å². The van der Waals surface area contributed by atoms with E-state index >= 15 is 0 Å². The number of sulfonamides is 1. The summed E-state index contributed by atoms with van der Waals surface area (Å²) in [6.45, 7) is 0.791. The quantitative estimate of drug-likeness (QED) is 0.285. The number of nitro benzene ring substituents is 1. The van der Waals surface area contributed by atoms with Crippen LogP contribution in [0.15, 0.2) is 69.7 Å². The van der Waals surface area contributed by atoms with Gasteiger partial charge in [-0.25, -0.2) is 12.8 Å². The lowest BCUT2D eigenvalue weighted by Gasteiger charge is -2.28. The summed E-state index contributed by atoms with van der Waals surface area (Å²) >= 11 is 0. The zero-order valence-electron chi connectivity index (χ0n) is 18.0. The van der Waals surface area contributed by atoms with Gasteiger partial charge < -0.3 is 10.0 Å². The molecule has 0 fully saturated rings. The summed E-state index contributed by atoms with van der Waals surface area (Å²) in [6.07, 6.45) is 1.64. The van der Waals surface area contributed by atoms with Crippen molar-refractivity contribution in [2.45, 2.75) is 17.7 Å². The van der Waals surface area contributed by atoms with Crippen molar-refractivity contribution in [1.82, 2.24) is 0 Å². The van der Waals surface area contributed by atoms with Crippen molar-refractivity contribution < 1.29 is 22.8 Å². The van der Waals surface area contributed by atoms with Gasteiger partial charge in [0.1, 0.15) is 22.9 Å². The van der Waals surface area contributed by atoms with Crippen molar-refractivity contribution in [3.8, 4) is 5.75 Å². The number of halogens is 1. The Balaban J connectivity index is 1.77. The summed E-state index contributed by atoms with van der Waals surface area (Å²) in [6, 6.07) is 11.0. The molecule has 3 aromatic carbocycles. The fourth-order valence-electron chi connectivity index (χ4n) is 3.60. The van der Waals surface area contributed by atoms with Crippen molar-refractivity contribution in [2.75, 3.05) is 23.2 Å². The molecule has 2 N–H and O–H groups in total. The second kappa shape index (κ2) is 9.06. The van der Waals surface area contributed by atoms with Crippen LogP contribution in [0.25, 0.3) is 0 Å². The van der Waals surface area contributed by atoms with Gasteiger partial charge in [-0.1, -0.05) is 0 Å². The van der Waals surface area contributed by atoms with Crippen molar-refractivity contribution in [3.05, 3.63) is 76.1 Å². The highest BCUT2D eigenvalue weighted by Gasteiger charge is 2.21. The number of phenols is 1. The van der Waals surface area contributed by atoms with E-state index in [0.29, 0.717) is 0 Å². The number of hydrogen-bond donors (Lipinski definition) is 2. The monoisotopic (exact) mass is 485 g/mol. The van der Waals surface area contributed by atoms with Crippen molar-refractivity contribution in [3.63, 3.8) is 0 Å². The molecule has 0 radical (unpaired) electrons. The van der Waals surface area contributed by atoms with Gasteiger partial charge in [0.25, 0.3) is 15.7 Å². The molecule has 0 bridgehead atoms. The minimum atomic E-state index is -4.08. The van der Waals surface area contributed by atoms with E-state index in [0.717, 1.165) is 73.1 Å². The number of nitro groups is 1. The van der Waals surface area contributed by atoms with E-state index in [2.05, 4.69) is 15.0 Å². The summed E-state index contributed by atoms with van der Waals surface area (Å²) < 4.78 is 41.6. The average molecular weight is 485 g/mol. The van der Waals surface area contributed by atoms with Crippen LogP contribution in [0.1, 0.15) is 12.0 Å². The Kier molecular flexibility index (Phi) is 6.16. The average Bonchev–Trinajstić information content (AvgIpc) is 2.79. The number of rotatable bonds is 6. The van der Waals surface area contributed by atoms with E-state index < -0.39 is 20.8 Å². The smallest absolute Gasteiger partial charge is 0.271 e. The first-order valence-corrected chi connectivity index (χ1v) is 11.7. The standard InChI is InChI=1S/C22H20FN5O5S/c1-27-10-2-3-14-11-18(24-25-20-12-16(28(30)31)6-9-22(20)29)19(13-21(14)27)26-34(32,33)17-7-4-15(23)5-8-17/h4-9,11-13,26,29H,2-3,10H2,1H3. The molecule has 0 aliphatic carbocycles. The number of non-ortho nitro benzene ring substituents is 1. The molecule has 34 heavy (non-hydrogen) atoms. The Bertz CT molecular complexity index is 1390. The number of hydrogen-bond acceptors (Lipinski definition) is 8. The van der Waals surface area contributed by atoms with Crippen LogP contribution in [0.4, 0.5) is 32.8 Å². The number of fused-ring (bicyclic) bond motifs is 1. The number of anilines is 2. The van der Waals surface area contributed by atoms with Crippen LogP contribution in [0.3, 0.4) is 0 Å². The molecule has 1 aliphatic rings. The van der Waals surface area contributed by atoms with E-state index in [1.807, 2.05) is 11.9 Å². The number of aryl methyl sites for hydroxylation is 1. The van der Waals surface area contributed by atoms with Gasteiger partial charge in [-0.2, -0.15) is 0 Å². The molecule has 3 aromatic rings. The van der Waals surface area contributed by atoms with Gasteiger partial charge in [0, 0.05) is 31.4 Å². The molecule has 0 saturated heterocycles. The first-order chi connectivity index (χ1) is 16.1. The van der Waals surface area contributed by atoms with Crippen molar-refractivity contribution in [1.29, 1.82) is 0 Å². The lowest BCUT2D eigenvalue weighted by molar-refractivity contribution is -0.384. The third kappa shape index (κ3) is 4.81. The van der Waals surface area contributed by atoms with Crippen LogP contribution in [-0.2, 0) is 16.4 Å². The molecule has 0 atom stereocenters. The lowest BCUT2D eigenvalue weighted by Crippen LogP contribution is -2.25. The van der Waals surface area contributed by atoms with Gasteiger partial charge in [0.05, 0.1) is 15.5 Å². The second-order valence-electron chi connectivity index (χ2n) is 7.71. The minimum absolute atomic E-state index is 0.116. The van der Waals surface area contributed by atoms with Gasteiger partial charge in [-0.15, -0.1) is 10.2 Å². The molecular formula is C22H20FN5O5S. The fraction of sp³-hybridized carbons (Fsp3) is 0.182. The molecule has 0 amide bonds. The molecule has 0 spiro atoms. The fourth-order valence-corrected chi connectivity index (χ4v) is 4.66. The Labute approximate surface area is 194 Å². The van der Waals surface area contributed by atoms with E-state index in [9.17, 15) is 28.0 Å². The number of aromatic hydroxyl groups is 1. The maximum absolute atomic E-state index is 13.3. The van der Waals surface area contributed by atoms with Crippen LogP contribution < -0.4 is 9.62 Å². The highest BCUT2D eigenvalue weighted by atomic mass is 32.2.